The zero-order chi connectivity index (χ0) is 20.2. The number of hydrogen-bond donors (Lipinski definition) is 8. The molecule has 0 amide bonds. The van der Waals surface area contributed by atoms with E-state index in [1.807, 2.05) is 0 Å². The zero-order valence-corrected chi connectivity index (χ0v) is 15.1. The summed E-state index contributed by atoms with van der Waals surface area (Å²) < 4.78 is 35.2. The van der Waals surface area contributed by atoms with Crippen molar-refractivity contribution in [3.05, 3.63) is 0 Å². The van der Waals surface area contributed by atoms with Crippen molar-refractivity contribution >= 4 is 10.4 Å². The van der Waals surface area contributed by atoms with Crippen molar-refractivity contribution in [2.24, 2.45) is 11.8 Å². The average molecular weight is 404 g/mol. The third-order valence-corrected chi connectivity index (χ3v) is 5.31. The first kappa shape index (κ1) is 23.6. The Labute approximate surface area is 151 Å². The molecule has 1 rings (SSSR count). The molecule has 0 spiro atoms. The highest BCUT2D eigenvalue weighted by atomic mass is 32.3. The van der Waals surface area contributed by atoms with Gasteiger partial charge in [-0.25, -0.2) is 4.18 Å². The highest BCUT2D eigenvalue weighted by Gasteiger charge is 2.45. The fourth-order valence-electron chi connectivity index (χ4n) is 3.31. The van der Waals surface area contributed by atoms with Crippen molar-refractivity contribution in [1.82, 2.24) is 0 Å². The lowest BCUT2D eigenvalue weighted by Gasteiger charge is -2.32. The summed E-state index contributed by atoms with van der Waals surface area (Å²) in [6.07, 6.45) is -11.8. The normalized spacial score (nSPS) is 32.8. The van der Waals surface area contributed by atoms with Gasteiger partial charge in [0.15, 0.2) is 0 Å². The van der Waals surface area contributed by atoms with Crippen molar-refractivity contribution in [3.63, 3.8) is 0 Å². The van der Waals surface area contributed by atoms with Crippen LogP contribution in [0, 0.1) is 11.8 Å². The number of aliphatic hydroxyl groups is 7. The van der Waals surface area contributed by atoms with E-state index < -0.39 is 71.6 Å². The summed E-state index contributed by atoms with van der Waals surface area (Å²) in [6.45, 7) is 0.988. The molecule has 2 unspecified atom stereocenters. The van der Waals surface area contributed by atoms with Gasteiger partial charge in [-0.05, 0) is 25.2 Å². The summed E-state index contributed by atoms with van der Waals surface area (Å²) in [5, 5.41) is 68.6. The van der Waals surface area contributed by atoms with E-state index in [9.17, 15) is 44.2 Å². The third kappa shape index (κ3) is 6.05. The standard InChI is InChI=1S/C14H28O11S/c1-2-8(16)12(20)13(21)14(25-26(22,23)24)10(18)4-6-3-9(17)11(19)7(6)5-15/h6-21H,2-5H2,1H3,(H,22,23,24)/t6?,7-,8+,9+,10+,11+,12-,13+,14?/m0/s1. The second-order valence-electron chi connectivity index (χ2n) is 6.65. The molecule has 9 atom stereocenters. The van der Waals surface area contributed by atoms with Crippen LogP contribution in [0.25, 0.3) is 0 Å². The molecule has 1 aliphatic rings. The average Bonchev–Trinajstić information content (AvgIpc) is 2.82. The van der Waals surface area contributed by atoms with Gasteiger partial charge in [-0.3, -0.25) is 4.55 Å². The molecule has 0 aromatic rings. The molecule has 156 valence electrons. The Morgan fingerprint density at radius 3 is 2.12 bits per heavy atom. The Bertz CT molecular complexity index is 527. The largest absolute Gasteiger partial charge is 0.397 e. The van der Waals surface area contributed by atoms with Gasteiger partial charge in [0.05, 0.1) is 24.4 Å². The lowest BCUT2D eigenvalue weighted by molar-refractivity contribution is -0.129. The fraction of sp³-hybridized carbons (Fsp3) is 1.00. The van der Waals surface area contributed by atoms with Crippen LogP contribution in [0.1, 0.15) is 26.2 Å². The van der Waals surface area contributed by atoms with Crippen LogP contribution in [0.4, 0.5) is 0 Å². The predicted octanol–water partition coefficient (Wildman–Crippen LogP) is -3.23. The molecule has 0 radical (unpaired) electrons. The van der Waals surface area contributed by atoms with Crippen LogP contribution in [0.2, 0.25) is 0 Å². The molecule has 0 aromatic carbocycles. The summed E-state index contributed by atoms with van der Waals surface area (Å²) in [5.41, 5.74) is 0. The van der Waals surface area contributed by atoms with Crippen molar-refractivity contribution in [3.8, 4) is 0 Å². The summed E-state index contributed by atoms with van der Waals surface area (Å²) in [5.74, 6) is -1.44. The predicted molar refractivity (Wildman–Crippen MR) is 86.1 cm³/mol. The molecule has 0 saturated heterocycles. The Morgan fingerprint density at radius 1 is 1.08 bits per heavy atom. The first-order valence-electron chi connectivity index (χ1n) is 8.27. The lowest BCUT2D eigenvalue weighted by atomic mass is 9.87. The highest BCUT2D eigenvalue weighted by molar-refractivity contribution is 7.80. The molecule has 1 aliphatic carbocycles. The topological polar surface area (TPSA) is 205 Å². The molecule has 0 aromatic heterocycles. The van der Waals surface area contributed by atoms with Crippen molar-refractivity contribution < 1.29 is 52.9 Å². The summed E-state index contributed by atoms with van der Waals surface area (Å²) in [7, 11) is -5.11. The van der Waals surface area contributed by atoms with Crippen LogP contribution in [-0.4, -0.2) is 98.1 Å². The maximum atomic E-state index is 11.0. The SMILES string of the molecule is CC[C@@H](O)[C@H](O)[C@@H](O)C(OS(=O)(=O)O)[C@H](O)CC1C[C@@H](O)[C@H](O)[C@H]1CO. The maximum absolute atomic E-state index is 11.0. The van der Waals surface area contributed by atoms with Crippen molar-refractivity contribution in [1.29, 1.82) is 0 Å². The first-order valence-corrected chi connectivity index (χ1v) is 9.64. The zero-order valence-electron chi connectivity index (χ0n) is 14.2. The number of hydrogen-bond acceptors (Lipinski definition) is 10. The summed E-state index contributed by atoms with van der Waals surface area (Å²) in [6, 6.07) is 0. The van der Waals surface area contributed by atoms with E-state index >= 15 is 0 Å². The number of rotatable bonds is 10. The van der Waals surface area contributed by atoms with Gasteiger partial charge in [0.2, 0.25) is 0 Å². The fourth-order valence-corrected chi connectivity index (χ4v) is 3.84. The van der Waals surface area contributed by atoms with Crippen LogP contribution in [0.5, 0.6) is 0 Å². The minimum Gasteiger partial charge on any atom is -0.396 e. The molecule has 8 N–H and O–H groups in total. The van der Waals surface area contributed by atoms with Crippen LogP contribution in [-0.2, 0) is 14.6 Å². The van der Waals surface area contributed by atoms with Gasteiger partial charge in [-0.2, -0.15) is 8.42 Å². The van der Waals surface area contributed by atoms with Gasteiger partial charge >= 0.3 is 10.4 Å². The quantitative estimate of drug-likeness (QED) is 0.170. The molecule has 0 aliphatic heterocycles. The second kappa shape index (κ2) is 9.68. The van der Waals surface area contributed by atoms with E-state index in [2.05, 4.69) is 4.18 Å². The van der Waals surface area contributed by atoms with Gasteiger partial charge in [0.25, 0.3) is 0 Å². The molecule has 1 saturated carbocycles. The van der Waals surface area contributed by atoms with Crippen LogP contribution in [0.3, 0.4) is 0 Å². The Kier molecular flexibility index (Phi) is 8.80. The van der Waals surface area contributed by atoms with E-state index in [1.54, 1.807) is 0 Å². The molecule has 1 fully saturated rings. The molecule has 0 bridgehead atoms. The molecular weight excluding hydrogens is 376 g/mol. The van der Waals surface area contributed by atoms with Crippen molar-refractivity contribution in [2.45, 2.75) is 68.9 Å². The Morgan fingerprint density at radius 2 is 1.65 bits per heavy atom. The van der Waals surface area contributed by atoms with Gasteiger partial charge in [-0.1, -0.05) is 6.92 Å². The lowest BCUT2D eigenvalue weighted by Crippen LogP contribution is -2.51. The smallest absolute Gasteiger partial charge is 0.396 e. The first-order chi connectivity index (χ1) is 11.9. The highest BCUT2D eigenvalue weighted by Crippen LogP contribution is 2.36. The molecule has 11 nitrogen and oxygen atoms in total. The summed E-state index contributed by atoms with van der Waals surface area (Å²) >= 11 is 0. The summed E-state index contributed by atoms with van der Waals surface area (Å²) in [4.78, 5) is 0. The van der Waals surface area contributed by atoms with Crippen LogP contribution >= 0.6 is 0 Å². The third-order valence-electron chi connectivity index (χ3n) is 4.85. The Hall–Kier alpha value is -0.410. The molecule has 12 heteroatoms. The van der Waals surface area contributed by atoms with Crippen LogP contribution in [0.15, 0.2) is 0 Å². The van der Waals surface area contributed by atoms with Crippen LogP contribution < -0.4 is 0 Å². The van der Waals surface area contributed by atoms with E-state index in [4.69, 9.17) is 4.55 Å². The molecule has 0 heterocycles. The Balaban J connectivity index is 2.95. The second-order valence-corrected chi connectivity index (χ2v) is 7.70. The van der Waals surface area contributed by atoms with Gasteiger partial charge in [0.1, 0.15) is 18.3 Å². The van der Waals surface area contributed by atoms with Gasteiger partial charge in [-0.15, -0.1) is 0 Å². The number of aliphatic hydroxyl groups excluding tert-OH is 7. The molecular formula is C14H28O11S. The van der Waals surface area contributed by atoms with E-state index in [0.717, 1.165) is 0 Å². The van der Waals surface area contributed by atoms with E-state index in [-0.39, 0.29) is 19.3 Å². The van der Waals surface area contributed by atoms with Gasteiger partial charge < -0.3 is 35.7 Å². The van der Waals surface area contributed by atoms with E-state index in [1.165, 1.54) is 6.92 Å². The maximum Gasteiger partial charge on any atom is 0.397 e. The minimum atomic E-state index is -5.11. The van der Waals surface area contributed by atoms with E-state index in [0.29, 0.717) is 0 Å². The van der Waals surface area contributed by atoms with Crippen molar-refractivity contribution in [2.75, 3.05) is 6.61 Å². The molecule has 26 heavy (non-hydrogen) atoms. The monoisotopic (exact) mass is 404 g/mol. The van der Waals surface area contributed by atoms with Gasteiger partial charge in [0, 0.05) is 12.5 Å². The minimum absolute atomic E-state index is 0.00170.